The number of rotatable bonds is 5. The molecule has 6 nitrogen and oxygen atoms in total. The first-order valence-corrected chi connectivity index (χ1v) is 8.82. The van der Waals surface area contributed by atoms with Crippen molar-refractivity contribution < 1.29 is 8.42 Å². The van der Waals surface area contributed by atoms with Crippen LogP contribution in [0.15, 0.2) is 39.8 Å². The van der Waals surface area contributed by atoms with Gasteiger partial charge in [0.15, 0.2) is 9.84 Å². The maximum atomic E-state index is 11.4. The van der Waals surface area contributed by atoms with Crippen LogP contribution in [-0.4, -0.2) is 31.7 Å². The molecule has 0 aliphatic heterocycles. The van der Waals surface area contributed by atoms with Crippen LogP contribution in [0.1, 0.15) is 5.56 Å². The molecule has 0 amide bonds. The molecule has 0 aliphatic rings. The van der Waals surface area contributed by atoms with Crippen molar-refractivity contribution in [3.63, 3.8) is 0 Å². The van der Waals surface area contributed by atoms with Gasteiger partial charge in [-0.3, -0.25) is 0 Å². The summed E-state index contributed by atoms with van der Waals surface area (Å²) in [6.07, 6.45) is 2.85. The topological polar surface area (TPSA) is 84.0 Å². The Bertz CT molecular complexity index is 732. The maximum Gasteiger partial charge on any atom is 0.224 e. The van der Waals surface area contributed by atoms with Crippen LogP contribution < -0.4 is 10.6 Å². The Labute approximate surface area is 132 Å². The Morgan fingerprint density at radius 2 is 1.90 bits per heavy atom. The minimum Gasteiger partial charge on any atom is -0.365 e. The van der Waals surface area contributed by atoms with Crippen LogP contribution in [-0.2, 0) is 16.4 Å². The van der Waals surface area contributed by atoms with E-state index in [-0.39, 0.29) is 0 Å². The van der Waals surface area contributed by atoms with Gasteiger partial charge in [-0.15, -0.1) is 0 Å². The van der Waals surface area contributed by atoms with Crippen molar-refractivity contribution in [1.29, 1.82) is 0 Å². The third-order valence-corrected chi connectivity index (χ3v) is 4.49. The molecule has 0 fully saturated rings. The summed E-state index contributed by atoms with van der Waals surface area (Å²) in [7, 11) is -1.41. The molecule has 0 radical (unpaired) electrons. The van der Waals surface area contributed by atoms with Crippen LogP contribution in [0.2, 0.25) is 0 Å². The largest absolute Gasteiger partial charge is 0.365 e. The van der Waals surface area contributed by atoms with E-state index in [0.29, 0.717) is 23.2 Å². The number of nitrogens with one attached hydrogen (secondary N) is 2. The molecule has 2 rings (SSSR count). The summed E-state index contributed by atoms with van der Waals surface area (Å²) in [6.45, 7) is 0.531. The first-order valence-electron chi connectivity index (χ1n) is 6.13. The van der Waals surface area contributed by atoms with Gasteiger partial charge in [0.2, 0.25) is 5.95 Å². The molecule has 0 aliphatic carbocycles. The van der Waals surface area contributed by atoms with Gasteiger partial charge in [-0.2, -0.15) is 4.98 Å². The van der Waals surface area contributed by atoms with E-state index in [1.54, 1.807) is 37.5 Å². The van der Waals surface area contributed by atoms with E-state index in [9.17, 15) is 8.42 Å². The van der Waals surface area contributed by atoms with Crippen LogP contribution in [0, 0.1) is 0 Å². The summed E-state index contributed by atoms with van der Waals surface area (Å²) < 4.78 is 23.5. The van der Waals surface area contributed by atoms with E-state index in [1.807, 2.05) is 0 Å². The molecular formula is C13H15BrN4O2S. The fourth-order valence-electron chi connectivity index (χ4n) is 1.65. The number of hydrogen-bond donors (Lipinski definition) is 2. The average Bonchev–Trinajstić information content (AvgIpc) is 2.46. The second kappa shape index (κ2) is 6.40. The molecule has 0 unspecified atom stereocenters. The van der Waals surface area contributed by atoms with Gasteiger partial charge in [0, 0.05) is 26.0 Å². The van der Waals surface area contributed by atoms with Crippen LogP contribution in [0.25, 0.3) is 0 Å². The summed E-state index contributed by atoms with van der Waals surface area (Å²) in [5, 5.41) is 6.04. The van der Waals surface area contributed by atoms with Crippen molar-refractivity contribution in [2.75, 3.05) is 23.9 Å². The van der Waals surface area contributed by atoms with E-state index in [2.05, 4.69) is 36.5 Å². The monoisotopic (exact) mass is 370 g/mol. The molecule has 0 saturated carbocycles. The summed E-state index contributed by atoms with van der Waals surface area (Å²) in [4.78, 5) is 8.67. The molecule has 1 aromatic heterocycles. The molecule has 21 heavy (non-hydrogen) atoms. The number of nitrogens with zero attached hydrogens (tertiary/aromatic N) is 2. The smallest absolute Gasteiger partial charge is 0.224 e. The van der Waals surface area contributed by atoms with E-state index in [1.165, 1.54) is 6.26 Å². The minimum atomic E-state index is -3.16. The minimum absolute atomic E-state index is 0.312. The molecule has 2 aromatic rings. The summed E-state index contributed by atoms with van der Waals surface area (Å²) >= 11 is 3.38. The summed E-state index contributed by atoms with van der Waals surface area (Å²) in [5.74, 6) is 1.19. The van der Waals surface area contributed by atoms with Crippen molar-refractivity contribution in [2.24, 2.45) is 0 Å². The summed E-state index contributed by atoms with van der Waals surface area (Å²) in [6, 6.07) is 6.75. The number of anilines is 2. The summed E-state index contributed by atoms with van der Waals surface area (Å²) in [5.41, 5.74) is 0.957. The molecule has 2 N–H and O–H groups in total. The Hall–Kier alpha value is -1.67. The highest BCUT2D eigenvalue weighted by atomic mass is 79.9. The molecular weight excluding hydrogens is 356 g/mol. The highest BCUT2D eigenvalue weighted by Crippen LogP contribution is 2.21. The fourth-order valence-corrected chi connectivity index (χ4v) is 2.61. The Balaban J connectivity index is 2.10. The lowest BCUT2D eigenvalue weighted by Gasteiger charge is -2.09. The zero-order valence-corrected chi connectivity index (χ0v) is 14.0. The third kappa shape index (κ3) is 4.15. The van der Waals surface area contributed by atoms with Crippen LogP contribution >= 0.6 is 15.9 Å². The lowest BCUT2D eigenvalue weighted by Crippen LogP contribution is -2.05. The van der Waals surface area contributed by atoms with E-state index < -0.39 is 9.84 Å². The number of halogens is 1. The van der Waals surface area contributed by atoms with Crippen molar-refractivity contribution in [3.8, 4) is 0 Å². The van der Waals surface area contributed by atoms with Crippen LogP contribution in [0.5, 0.6) is 0 Å². The Morgan fingerprint density at radius 1 is 1.24 bits per heavy atom. The van der Waals surface area contributed by atoms with Crippen molar-refractivity contribution in [1.82, 2.24) is 9.97 Å². The molecule has 0 spiro atoms. The number of hydrogen-bond acceptors (Lipinski definition) is 6. The van der Waals surface area contributed by atoms with E-state index >= 15 is 0 Å². The SMILES string of the molecule is CNc1ncc(Br)c(NCc2ccc(S(C)(=O)=O)cc2)n1. The zero-order chi connectivity index (χ0) is 15.5. The van der Waals surface area contributed by atoms with Crippen molar-refractivity contribution in [2.45, 2.75) is 11.4 Å². The first kappa shape index (κ1) is 15.7. The van der Waals surface area contributed by atoms with Gasteiger partial charge in [-0.1, -0.05) is 12.1 Å². The normalized spacial score (nSPS) is 11.2. The standard InChI is InChI=1S/C13H15BrN4O2S/c1-15-13-17-8-11(14)12(18-13)16-7-9-3-5-10(6-4-9)21(2,19)20/h3-6,8H,7H2,1-2H3,(H2,15,16,17,18). The molecule has 1 aromatic carbocycles. The van der Waals surface area contributed by atoms with Gasteiger partial charge in [-0.05, 0) is 33.6 Å². The van der Waals surface area contributed by atoms with Gasteiger partial charge >= 0.3 is 0 Å². The van der Waals surface area contributed by atoms with Crippen LogP contribution in [0.4, 0.5) is 11.8 Å². The molecule has 8 heteroatoms. The number of sulfone groups is 1. The van der Waals surface area contributed by atoms with E-state index in [0.717, 1.165) is 10.0 Å². The van der Waals surface area contributed by atoms with Gasteiger partial charge in [0.05, 0.1) is 9.37 Å². The quantitative estimate of drug-likeness (QED) is 0.839. The molecule has 0 atom stereocenters. The van der Waals surface area contributed by atoms with E-state index in [4.69, 9.17) is 0 Å². The van der Waals surface area contributed by atoms with Crippen molar-refractivity contribution in [3.05, 3.63) is 40.5 Å². The zero-order valence-electron chi connectivity index (χ0n) is 11.6. The predicted octanol–water partition coefficient (Wildman–Crippen LogP) is 2.30. The van der Waals surface area contributed by atoms with Crippen molar-refractivity contribution >= 4 is 37.5 Å². The predicted molar refractivity (Wildman–Crippen MR) is 86.2 cm³/mol. The third-order valence-electron chi connectivity index (χ3n) is 2.78. The fraction of sp³-hybridized carbons (Fsp3) is 0.231. The second-order valence-corrected chi connectivity index (χ2v) is 7.28. The molecule has 0 bridgehead atoms. The van der Waals surface area contributed by atoms with Gasteiger partial charge in [0.1, 0.15) is 5.82 Å². The lowest BCUT2D eigenvalue weighted by atomic mass is 10.2. The lowest BCUT2D eigenvalue weighted by molar-refractivity contribution is 0.602. The second-order valence-electron chi connectivity index (χ2n) is 4.41. The number of aromatic nitrogens is 2. The van der Waals surface area contributed by atoms with Gasteiger partial charge in [-0.25, -0.2) is 13.4 Å². The number of benzene rings is 1. The molecule has 112 valence electrons. The van der Waals surface area contributed by atoms with Gasteiger partial charge < -0.3 is 10.6 Å². The first-order chi connectivity index (χ1) is 9.90. The average molecular weight is 371 g/mol. The Morgan fingerprint density at radius 3 is 2.48 bits per heavy atom. The highest BCUT2D eigenvalue weighted by molar-refractivity contribution is 9.10. The molecule has 1 heterocycles. The highest BCUT2D eigenvalue weighted by Gasteiger charge is 2.07. The van der Waals surface area contributed by atoms with Crippen LogP contribution in [0.3, 0.4) is 0 Å². The molecule has 0 saturated heterocycles. The Kier molecular flexibility index (Phi) is 4.79. The maximum absolute atomic E-state index is 11.4. The van der Waals surface area contributed by atoms with Gasteiger partial charge in [0.25, 0.3) is 0 Å².